The molecule has 3 heteroatoms. The summed E-state index contributed by atoms with van der Waals surface area (Å²) in [7, 11) is 0.932. The van der Waals surface area contributed by atoms with E-state index < -0.39 is 0 Å². The van der Waals surface area contributed by atoms with Gasteiger partial charge >= 0.3 is 0 Å². The molecule has 0 N–H and O–H groups in total. The lowest BCUT2D eigenvalue weighted by Crippen LogP contribution is -2.24. The van der Waals surface area contributed by atoms with Crippen LogP contribution in [-0.2, 0) is 0 Å². The summed E-state index contributed by atoms with van der Waals surface area (Å²) in [5, 5.41) is 0. The first kappa shape index (κ1) is 11.7. The molecule has 0 amide bonds. The normalized spacial score (nSPS) is 17.1. The molecule has 80 valence electrons. The first-order chi connectivity index (χ1) is 6.88. The van der Waals surface area contributed by atoms with Gasteiger partial charge in [-0.15, -0.1) is 0 Å². The van der Waals surface area contributed by atoms with Crippen molar-refractivity contribution < 1.29 is 0 Å². The van der Waals surface area contributed by atoms with Gasteiger partial charge < -0.3 is 4.90 Å². The van der Waals surface area contributed by atoms with Crippen molar-refractivity contribution in [2.75, 3.05) is 19.3 Å². The molecule has 0 aromatic rings. The number of rotatable bonds is 6. The molecule has 0 bridgehead atoms. The summed E-state index contributed by atoms with van der Waals surface area (Å²) in [6, 6.07) is 0. The van der Waals surface area contributed by atoms with Gasteiger partial charge in [0.15, 0.2) is 0 Å². The Labute approximate surface area is 89.3 Å². The van der Waals surface area contributed by atoms with Crippen molar-refractivity contribution in [1.82, 2.24) is 4.90 Å². The van der Waals surface area contributed by atoms with Crippen LogP contribution >= 0.6 is 8.58 Å². The van der Waals surface area contributed by atoms with E-state index in [2.05, 4.69) is 23.7 Å². The van der Waals surface area contributed by atoms with E-state index in [1.807, 2.05) is 12.4 Å². The minimum absolute atomic E-state index is 0.932. The maximum atomic E-state index is 4.25. The minimum atomic E-state index is 0.932. The standard InChI is InChI=1S/C11H21N2P/c1-3-5-8-13(7-4-2)11-10-12-6-9-14-11/h6,10,14H,3-5,7-9H2,1-2H3. The van der Waals surface area contributed by atoms with Crippen LogP contribution in [0.15, 0.2) is 16.6 Å². The average Bonchev–Trinajstić information content (AvgIpc) is 2.25. The third kappa shape index (κ3) is 3.79. The summed E-state index contributed by atoms with van der Waals surface area (Å²) in [6.45, 7) is 6.89. The molecule has 1 aliphatic rings. The van der Waals surface area contributed by atoms with Crippen LogP contribution in [-0.4, -0.2) is 30.4 Å². The number of unbranched alkanes of at least 4 members (excludes halogenated alkanes) is 1. The van der Waals surface area contributed by atoms with Crippen LogP contribution < -0.4 is 0 Å². The number of aliphatic imine (C=N–C) groups is 1. The molecule has 0 fully saturated rings. The lowest BCUT2D eigenvalue weighted by molar-refractivity contribution is 0.357. The predicted molar refractivity (Wildman–Crippen MR) is 66.5 cm³/mol. The van der Waals surface area contributed by atoms with Crippen molar-refractivity contribution >= 4 is 14.8 Å². The van der Waals surface area contributed by atoms with E-state index in [0.717, 1.165) is 14.7 Å². The first-order valence-corrected chi connectivity index (χ1v) is 6.79. The van der Waals surface area contributed by atoms with E-state index in [0.29, 0.717) is 0 Å². The Hall–Kier alpha value is -0.360. The van der Waals surface area contributed by atoms with Gasteiger partial charge in [0, 0.05) is 31.7 Å². The van der Waals surface area contributed by atoms with Crippen LogP contribution in [0.1, 0.15) is 33.1 Å². The molecule has 0 aromatic heterocycles. The van der Waals surface area contributed by atoms with Gasteiger partial charge in [0.1, 0.15) is 0 Å². The smallest absolute Gasteiger partial charge is 0.0526 e. The van der Waals surface area contributed by atoms with E-state index in [1.54, 1.807) is 0 Å². The van der Waals surface area contributed by atoms with E-state index >= 15 is 0 Å². The number of hydrogen-bond acceptors (Lipinski definition) is 2. The molecule has 0 radical (unpaired) electrons. The molecule has 0 saturated carbocycles. The molecule has 1 heterocycles. The van der Waals surface area contributed by atoms with Gasteiger partial charge in [-0.2, -0.15) is 0 Å². The molecule has 1 unspecified atom stereocenters. The van der Waals surface area contributed by atoms with Crippen molar-refractivity contribution in [2.24, 2.45) is 4.99 Å². The van der Waals surface area contributed by atoms with Crippen molar-refractivity contribution in [3.05, 3.63) is 11.6 Å². The SMILES string of the molecule is CCCCN(CCC)C1=CN=CCP1. The van der Waals surface area contributed by atoms with Gasteiger partial charge in [0.05, 0.1) is 5.44 Å². The van der Waals surface area contributed by atoms with Crippen LogP contribution in [0, 0.1) is 0 Å². The minimum Gasteiger partial charge on any atom is -0.370 e. The molecule has 1 aliphatic heterocycles. The van der Waals surface area contributed by atoms with Gasteiger partial charge in [-0.25, -0.2) is 0 Å². The highest BCUT2D eigenvalue weighted by molar-refractivity contribution is 7.44. The largest absolute Gasteiger partial charge is 0.370 e. The maximum absolute atomic E-state index is 4.25. The Morgan fingerprint density at radius 3 is 2.79 bits per heavy atom. The van der Waals surface area contributed by atoms with Crippen molar-refractivity contribution in [3.63, 3.8) is 0 Å². The van der Waals surface area contributed by atoms with Crippen LogP contribution in [0.5, 0.6) is 0 Å². The Morgan fingerprint density at radius 1 is 1.36 bits per heavy atom. The monoisotopic (exact) mass is 212 g/mol. The topological polar surface area (TPSA) is 15.6 Å². The second-order valence-corrected chi connectivity index (χ2v) is 4.84. The first-order valence-electron chi connectivity index (χ1n) is 5.59. The molecular formula is C11H21N2P. The lowest BCUT2D eigenvalue weighted by atomic mass is 10.3. The Kier molecular flexibility index (Phi) is 5.86. The average molecular weight is 212 g/mol. The highest BCUT2D eigenvalue weighted by Gasteiger charge is 2.09. The van der Waals surface area contributed by atoms with Gasteiger partial charge in [0.25, 0.3) is 0 Å². The fraction of sp³-hybridized carbons (Fsp3) is 0.727. The van der Waals surface area contributed by atoms with E-state index in [9.17, 15) is 0 Å². The molecule has 14 heavy (non-hydrogen) atoms. The highest BCUT2D eigenvalue weighted by Crippen LogP contribution is 2.28. The second kappa shape index (κ2) is 7.00. The molecule has 0 aromatic carbocycles. The van der Waals surface area contributed by atoms with E-state index in [1.165, 1.54) is 37.8 Å². The summed E-state index contributed by atoms with van der Waals surface area (Å²) < 4.78 is 0. The van der Waals surface area contributed by atoms with Gasteiger partial charge in [0.2, 0.25) is 0 Å². The third-order valence-electron chi connectivity index (χ3n) is 2.29. The lowest BCUT2D eigenvalue weighted by Gasteiger charge is -2.27. The zero-order chi connectivity index (χ0) is 10.2. The predicted octanol–water partition coefficient (Wildman–Crippen LogP) is 3.06. The van der Waals surface area contributed by atoms with Gasteiger partial charge in [-0.05, 0) is 12.8 Å². The van der Waals surface area contributed by atoms with Gasteiger partial charge in [-0.1, -0.05) is 28.8 Å². The summed E-state index contributed by atoms with van der Waals surface area (Å²) in [4.78, 5) is 6.76. The second-order valence-electron chi connectivity index (χ2n) is 3.57. The summed E-state index contributed by atoms with van der Waals surface area (Å²) in [6.07, 6.45) is 9.01. The Balaban J connectivity index is 2.47. The van der Waals surface area contributed by atoms with Crippen molar-refractivity contribution in [2.45, 2.75) is 33.1 Å². The van der Waals surface area contributed by atoms with Crippen LogP contribution in [0.3, 0.4) is 0 Å². The molecule has 1 rings (SSSR count). The zero-order valence-corrected chi connectivity index (χ0v) is 10.3. The fourth-order valence-electron chi connectivity index (χ4n) is 1.54. The number of nitrogens with zero attached hydrogens (tertiary/aromatic N) is 2. The quantitative estimate of drug-likeness (QED) is 0.618. The van der Waals surface area contributed by atoms with Crippen molar-refractivity contribution in [1.29, 1.82) is 0 Å². The highest BCUT2D eigenvalue weighted by atomic mass is 31.1. The van der Waals surface area contributed by atoms with E-state index in [4.69, 9.17) is 0 Å². The fourth-order valence-corrected chi connectivity index (χ4v) is 2.56. The summed E-state index contributed by atoms with van der Waals surface area (Å²) in [5.41, 5.74) is 1.46. The molecule has 0 saturated heterocycles. The van der Waals surface area contributed by atoms with Crippen LogP contribution in [0.2, 0.25) is 0 Å². The summed E-state index contributed by atoms with van der Waals surface area (Å²) in [5.74, 6) is 0. The third-order valence-corrected chi connectivity index (χ3v) is 3.49. The van der Waals surface area contributed by atoms with E-state index in [-0.39, 0.29) is 0 Å². The van der Waals surface area contributed by atoms with Gasteiger partial charge in [-0.3, -0.25) is 4.99 Å². The molecule has 0 aliphatic carbocycles. The Bertz CT molecular complexity index is 211. The molecular weight excluding hydrogens is 191 g/mol. The Morgan fingerprint density at radius 2 is 2.21 bits per heavy atom. The zero-order valence-electron chi connectivity index (χ0n) is 9.29. The molecule has 1 atom stereocenters. The number of hydrogen-bond donors (Lipinski definition) is 0. The summed E-state index contributed by atoms with van der Waals surface area (Å²) >= 11 is 0. The van der Waals surface area contributed by atoms with Crippen LogP contribution in [0.4, 0.5) is 0 Å². The molecule has 0 spiro atoms. The van der Waals surface area contributed by atoms with Crippen molar-refractivity contribution in [3.8, 4) is 0 Å². The maximum Gasteiger partial charge on any atom is 0.0526 e. The van der Waals surface area contributed by atoms with Crippen LogP contribution in [0.25, 0.3) is 0 Å². The molecule has 2 nitrogen and oxygen atoms in total.